The van der Waals surface area contributed by atoms with Crippen molar-refractivity contribution in [3.63, 3.8) is 0 Å². The number of rotatable bonds is 5. The summed E-state index contributed by atoms with van der Waals surface area (Å²) in [6.07, 6.45) is 1.18. The minimum Gasteiger partial charge on any atom is -0.258 e. The van der Waals surface area contributed by atoms with Crippen molar-refractivity contribution in [3.8, 4) is 0 Å². The van der Waals surface area contributed by atoms with Crippen molar-refractivity contribution < 1.29 is 13.3 Å². The summed E-state index contributed by atoms with van der Waals surface area (Å²) in [4.78, 5) is 12.1. The highest BCUT2D eigenvalue weighted by Gasteiger charge is 2.12. The Kier molecular flexibility index (Phi) is 4.74. The van der Waals surface area contributed by atoms with Crippen molar-refractivity contribution in [1.29, 1.82) is 0 Å². The number of nitro benzene ring substituents is 1. The van der Waals surface area contributed by atoms with Crippen molar-refractivity contribution >= 4 is 33.5 Å². The van der Waals surface area contributed by atoms with E-state index in [1.807, 2.05) is 4.83 Å². The van der Waals surface area contributed by atoms with Crippen LogP contribution in [0, 0.1) is 10.1 Å². The highest BCUT2D eigenvalue weighted by molar-refractivity contribution is 7.89. The molecule has 9 heteroatoms. The monoisotopic (exact) mass is 339 g/mol. The molecule has 7 nitrogen and oxygen atoms in total. The van der Waals surface area contributed by atoms with Gasteiger partial charge in [-0.1, -0.05) is 23.7 Å². The van der Waals surface area contributed by atoms with Gasteiger partial charge < -0.3 is 0 Å². The highest BCUT2D eigenvalue weighted by atomic mass is 35.5. The number of hydrogen-bond acceptors (Lipinski definition) is 5. The fourth-order valence-corrected chi connectivity index (χ4v) is 2.47. The predicted octanol–water partition coefficient (Wildman–Crippen LogP) is 2.56. The minimum absolute atomic E-state index is 0.00749. The van der Waals surface area contributed by atoms with Gasteiger partial charge in [0, 0.05) is 22.7 Å². The average Bonchev–Trinajstić information content (AvgIpc) is 2.48. The molecule has 0 heterocycles. The lowest BCUT2D eigenvalue weighted by Crippen LogP contribution is -2.18. The Balaban J connectivity index is 2.13. The molecule has 2 aromatic carbocycles. The molecule has 2 rings (SSSR count). The second kappa shape index (κ2) is 6.54. The van der Waals surface area contributed by atoms with Crippen molar-refractivity contribution in [2.75, 3.05) is 0 Å². The van der Waals surface area contributed by atoms with Gasteiger partial charge in [-0.15, -0.1) is 0 Å². The zero-order valence-corrected chi connectivity index (χ0v) is 12.6. The molecule has 0 saturated carbocycles. The maximum atomic E-state index is 11.9. The van der Waals surface area contributed by atoms with Crippen LogP contribution in [-0.2, 0) is 10.0 Å². The van der Waals surface area contributed by atoms with Crippen molar-refractivity contribution in [1.82, 2.24) is 4.83 Å². The van der Waals surface area contributed by atoms with Crippen LogP contribution in [0.1, 0.15) is 5.56 Å². The van der Waals surface area contributed by atoms with Gasteiger partial charge in [-0.25, -0.2) is 4.83 Å². The molecule has 22 heavy (non-hydrogen) atoms. The van der Waals surface area contributed by atoms with Crippen LogP contribution < -0.4 is 4.83 Å². The standard InChI is InChI=1S/C13H10ClN3O4S/c14-11-4-6-13(7-5-11)22(20,21)16-15-9-10-2-1-3-12(8-10)17(18)19/h1-9,16H. The van der Waals surface area contributed by atoms with Crippen LogP contribution >= 0.6 is 11.6 Å². The molecular formula is C13H10ClN3O4S. The average molecular weight is 340 g/mol. The van der Waals surface area contributed by atoms with Crippen LogP contribution in [0.2, 0.25) is 5.02 Å². The van der Waals surface area contributed by atoms with E-state index in [0.717, 1.165) is 0 Å². The number of non-ortho nitro benzene ring substituents is 1. The number of hydrogen-bond donors (Lipinski definition) is 1. The van der Waals surface area contributed by atoms with Gasteiger partial charge in [-0.2, -0.15) is 13.5 Å². The summed E-state index contributed by atoms with van der Waals surface area (Å²) >= 11 is 5.69. The maximum Gasteiger partial charge on any atom is 0.276 e. The van der Waals surface area contributed by atoms with E-state index in [2.05, 4.69) is 5.10 Å². The summed E-state index contributed by atoms with van der Waals surface area (Å²) in [7, 11) is -3.81. The van der Waals surface area contributed by atoms with Crippen molar-refractivity contribution in [2.24, 2.45) is 5.10 Å². The van der Waals surface area contributed by atoms with Crippen LogP contribution in [0.15, 0.2) is 58.5 Å². The molecule has 0 aromatic heterocycles. The Morgan fingerprint density at radius 1 is 1.18 bits per heavy atom. The number of nitro groups is 1. The smallest absolute Gasteiger partial charge is 0.258 e. The first-order chi connectivity index (χ1) is 10.4. The molecule has 0 amide bonds. The van der Waals surface area contributed by atoms with Crippen LogP contribution in [0.25, 0.3) is 0 Å². The first-order valence-corrected chi connectivity index (χ1v) is 7.79. The summed E-state index contributed by atoms with van der Waals surface area (Å²) in [5.41, 5.74) is 0.289. The van der Waals surface area contributed by atoms with Gasteiger partial charge in [0.2, 0.25) is 0 Å². The molecule has 0 aliphatic carbocycles. The Hall–Kier alpha value is -2.45. The molecule has 0 radical (unpaired) electrons. The first-order valence-electron chi connectivity index (χ1n) is 5.93. The fraction of sp³-hybridized carbons (Fsp3) is 0. The Morgan fingerprint density at radius 3 is 2.50 bits per heavy atom. The summed E-state index contributed by atoms with van der Waals surface area (Å²) in [6.45, 7) is 0. The van der Waals surface area contributed by atoms with E-state index < -0.39 is 14.9 Å². The molecule has 114 valence electrons. The van der Waals surface area contributed by atoms with Gasteiger partial charge in [0.05, 0.1) is 16.0 Å². The highest BCUT2D eigenvalue weighted by Crippen LogP contribution is 2.14. The second-order valence-electron chi connectivity index (χ2n) is 4.16. The van der Waals surface area contributed by atoms with E-state index in [-0.39, 0.29) is 10.6 Å². The Morgan fingerprint density at radius 2 is 1.86 bits per heavy atom. The molecule has 0 aliphatic rings. The lowest BCUT2D eigenvalue weighted by molar-refractivity contribution is -0.384. The lowest BCUT2D eigenvalue weighted by atomic mass is 10.2. The molecule has 0 spiro atoms. The van der Waals surface area contributed by atoms with Gasteiger partial charge in [0.15, 0.2) is 0 Å². The van der Waals surface area contributed by atoms with Gasteiger partial charge >= 0.3 is 0 Å². The molecule has 1 N–H and O–H groups in total. The van der Waals surface area contributed by atoms with Crippen molar-refractivity contribution in [2.45, 2.75) is 4.90 Å². The first kappa shape index (κ1) is 15.9. The van der Waals surface area contributed by atoms with Gasteiger partial charge in [-0.05, 0) is 24.3 Å². The number of halogens is 1. The summed E-state index contributed by atoms with van der Waals surface area (Å²) in [5, 5.41) is 14.6. The minimum atomic E-state index is -3.81. The Labute approximate surface area is 131 Å². The van der Waals surface area contributed by atoms with Crippen LogP contribution in [0.5, 0.6) is 0 Å². The normalized spacial score (nSPS) is 11.5. The summed E-state index contributed by atoms with van der Waals surface area (Å²) in [6, 6.07) is 11.2. The zero-order chi connectivity index (χ0) is 16.2. The third-order valence-electron chi connectivity index (χ3n) is 2.59. The summed E-state index contributed by atoms with van der Waals surface area (Å²) < 4.78 is 23.9. The summed E-state index contributed by atoms with van der Waals surface area (Å²) in [5.74, 6) is 0. The predicted molar refractivity (Wildman–Crippen MR) is 82.5 cm³/mol. The van der Waals surface area contributed by atoms with Crippen LogP contribution in [0.4, 0.5) is 5.69 Å². The Bertz CT molecular complexity index is 819. The largest absolute Gasteiger partial charge is 0.276 e. The molecule has 0 fully saturated rings. The molecule has 0 atom stereocenters. The third kappa shape index (κ3) is 4.03. The van der Waals surface area contributed by atoms with E-state index in [1.165, 1.54) is 48.7 Å². The van der Waals surface area contributed by atoms with Crippen LogP contribution in [0.3, 0.4) is 0 Å². The van der Waals surface area contributed by atoms with E-state index in [4.69, 9.17) is 11.6 Å². The van der Waals surface area contributed by atoms with Crippen LogP contribution in [-0.4, -0.2) is 19.6 Å². The SMILES string of the molecule is O=[N+]([O-])c1cccc(C=NNS(=O)(=O)c2ccc(Cl)cc2)c1. The lowest BCUT2D eigenvalue weighted by Gasteiger charge is -2.03. The topological polar surface area (TPSA) is 102 Å². The number of hydrazone groups is 1. The molecule has 0 unspecified atom stereocenters. The molecule has 2 aromatic rings. The van der Waals surface area contributed by atoms with E-state index in [0.29, 0.717) is 10.6 Å². The number of benzene rings is 2. The molecular weight excluding hydrogens is 330 g/mol. The second-order valence-corrected chi connectivity index (χ2v) is 6.26. The number of nitrogens with one attached hydrogen (secondary N) is 1. The van der Waals surface area contributed by atoms with Gasteiger partial charge in [0.1, 0.15) is 0 Å². The number of nitrogens with zero attached hydrogens (tertiary/aromatic N) is 2. The third-order valence-corrected chi connectivity index (χ3v) is 4.08. The molecule has 0 saturated heterocycles. The van der Waals surface area contributed by atoms with Gasteiger partial charge in [-0.3, -0.25) is 10.1 Å². The van der Waals surface area contributed by atoms with Gasteiger partial charge in [0.25, 0.3) is 15.7 Å². The van der Waals surface area contributed by atoms with Crippen molar-refractivity contribution in [3.05, 3.63) is 69.2 Å². The number of sulfonamides is 1. The van der Waals surface area contributed by atoms with E-state index in [1.54, 1.807) is 6.07 Å². The van der Waals surface area contributed by atoms with E-state index in [9.17, 15) is 18.5 Å². The quantitative estimate of drug-likeness (QED) is 0.513. The fourth-order valence-electron chi connectivity index (χ4n) is 1.56. The maximum absolute atomic E-state index is 11.9. The van der Waals surface area contributed by atoms with E-state index >= 15 is 0 Å². The zero-order valence-electron chi connectivity index (χ0n) is 11.0. The molecule has 0 aliphatic heterocycles. The molecule has 0 bridgehead atoms.